The van der Waals surface area contributed by atoms with Crippen LogP contribution in [0.15, 0.2) is 18.2 Å². The van der Waals surface area contributed by atoms with Crippen LogP contribution in [0.1, 0.15) is 42.9 Å². The molecule has 2 aliphatic carbocycles. The van der Waals surface area contributed by atoms with E-state index < -0.39 is 0 Å². The molecule has 2 N–H and O–H groups in total. The molecule has 1 aromatic carbocycles. The molecule has 0 bridgehead atoms. The van der Waals surface area contributed by atoms with Crippen LogP contribution in [0.4, 0.5) is 0 Å². The molecule has 0 amide bonds. The number of nitrogens with two attached hydrogens (primary N) is 1. The van der Waals surface area contributed by atoms with E-state index in [1.165, 1.54) is 49.9 Å². The van der Waals surface area contributed by atoms with Gasteiger partial charge in [0.15, 0.2) is 0 Å². The Morgan fingerprint density at radius 1 is 1.14 bits per heavy atom. The molecular weight excluding hydrogens is 260 g/mol. The molecule has 0 radical (unpaired) electrons. The van der Waals surface area contributed by atoms with E-state index >= 15 is 0 Å². The summed E-state index contributed by atoms with van der Waals surface area (Å²) in [6.45, 7) is 4.04. The van der Waals surface area contributed by atoms with Gasteiger partial charge in [-0.1, -0.05) is 12.1 Å². The van der Waals surface area contributed by atoms with E-state index in [0.717, 1.165) is 37.2 Å². The minimum atomic E-state index is 0.386. The highest BCUT2D eigenvalue weighted by Crippen LogP contribution is 2.38. The lowest BCUT2D eigenvalue weighted by atomic mass is 10.0. The number of hydrogen-bond acceptors (Lipinski definition) is 3. The van der Waals surface area contributed by atoms with Crippen LogP contribution in [0.3, 0.4) is 0 Å². The molecule has 1 unspecified atom stereocenters. The Hall–Kier alpha value is -1.06. The first-order chi connectivity index (χ1) is 10.3. The van der Waals surface area contributed by atoms with E-state index in [1.54, 1.807) is 0 Å². The second-order valence-corrected chi connectivity index (χ2v) is 7.06. The predicted molar refractivity (Wildman–Crippen MR) is 84.5 cm³/mol. The monoisotopic (exact) mass is 286 g/mol. The van der Waals surface area contributed by atoms with E-state index in [1.807, 2.05) is 0 Å². The van der Waals surface area contributed by atoms with Gasteiger partial charge in [-0.25, -0.2) is 0 Å². The maximum absolute atomic E-state index is 6.17. The van der Waals surface area contributed by atoms with Crippen LogP contribution in [0, 0.1) is 11.8 Å². The van der Waals surface area contributed by atoms with Gasteiger partial charge in [-0.05, 0) is 54.7 Å². The van der Waals surface area contributed by atoms with Crippen molar-refractivity contribution in [2.24, 2.45) is 17.6 Å². The molecule has 2 saturated carbocycles. The lowest BCUT2D eigenvalue weighted by molar-refractivity contribution is 0.184. The molecule has 114 valence electrons. The molecule has 1 aliphatic heterocycles. The van der Waals surface area contributed by atoms with Crippen molar-refractivity contribution in [3.63, 3.8) is 0 Å². The van der Waals surface area contributed by atoms with Gasteiger partial charge >= 0.3 is 0 Å². The highest BCUT2D eigenvalue weighted by Gasteiger charge is 2.33. The van der Waals surface area contributed by atoms with Gasteiger partial charge in [0.2, 0.25) is 0 Å². The fraction of sp³-hybridized carbons (Fsp3) is 0.667. The van der Waals surface area contributed by atoms with Gasteiger partial charge in [-0.2, -0.15) is 0 Å². The average Bonchev–Trinajstić information content (AvgIpc) is 3.41. The lowest BCUT2D eigenvalue weighted by Crippen LogP contribution is -2.36. The Bertz CT molecular complexity index is 494. The molecule has 1 heterocycles. The molecule has 3 aliphatic rings. The predicted octanol–water partition coefficient (Wildman–Crippen LogP) is 2.74. The number of rotatable bonds is 7. The van der Waals surface area contributed by atoms with Gasteiger partial charge in [0.05, 0.1) is 6.61 Å². The summed E-state index contributed by atoms with van der Waals surface area (Å²) >= 11 is 0. The topological polar surface area (TPSA) is 38.5 Å². The third-order valence-corrected chi connectivity index (χ3v) is 5.14. The summed E-state index contributed by atoms with van der Waals surface area (Å²) in [5.74, 6) is 2.93. The average molecular weight is 286 g/mol. The lowest BCUT2D eigenvalue weighted by Gasteiger charge is -2.31. The van der Waals surface area contributed by atoms with Crippen LogP contribution in [-0.4, -0.2) is 31.1 Å². The van der Waals surface area contributed by atoms with Gasteiger partial charge in [0.25, 0.3) is 0 Å². The third-order valence-electron chi connectivity index (χ3n) is 5.14. The summed E-state index contributed by atoms with van der Waals surface area (Å²) in [4.78, 5) is 2.67. The van der Waals surface area contributed by atoms with Crippen molar-refractivity contribution in [3.8, 4) is 5.75 Å². The first-order valence-electron chi connectivity index (χ1n) is 8.53. The molecule has 1 atom stereocenters. The number of fused-ring (bicyclic) bond motifs is 1. The molecule has 2 fully saturated rings. The molecule has 1 aromatic rings. The Labute approximate surface area is 127 Å². The maximum Gasteiger partial charge on any atom is 0.122 e. The van der Waals surface area contributed by atoms with Crippen LogP contribution in [0.2, 0.25) is 0 Å². The van der Waals surface area contributed by atoms with Gasteiger partial charge in [0.1, 0.15) is 5.75 Å². The van der Waals surface area contributed by atoms with Gasteiger partial charge in [0, 0.05) is 32.1 Å². The Morgan fingerprint density at radius 3 is 2.48 bits per heavy atom. The number of benzene rings is 1. The summed E-state index contributed by atoms with van der Waals surface area (Å²) in [5, 5.41) is 0. The van der Waals surface area contributed by atoms with E-state index in [2.05, 4.69) is 23.1 Å². The highest BCUT2D eigenvalue weighted by molar-refractivity contribution is 5.41. The zero-order valence-electron chi connectivity index (χ0n) is 12.8. The quantitative estimate of drug-likeness (QED) is 0.837. The summed E-state index contributed by atoms with van der Waals surface area (Å²) in [6, 6.07) is 7.10. The highest BCUT2D eigenvalue weighted by atomic mass is 16.5. The minimum absolute atomic E-state index is 0.386. The number of ether oxygens (including phenoxy) is 1. The first-order valence-corrected chi connectivity index (χ1v) is 8.53. The van der Waals surface area contributed by atoms with E-state index in [4.69, 9.17) is 10.5 Å². The van der Waals surface area contributed by atoms with Crippen molar-refractivity contribution >= 4 is 0 Å². The molecular formula is C18H26N2O. The molecule has 3 nitrogen and oxygen atoms in total. The molecule has 0 aromatic heterocycles. The van der Waals surface area contributed by atoms with Gasteiger partial charge < -0.3 is 10.5 Å². The molecule has 0 spiro atoms. The van der Waals surface area contributed by atoms with E-state index in [0.29, 0.717) is 6.04 Å². The fourth-order valence-electron chi connectivity index (χ4n) is 3.50. The third kappa shape index (κ3) is 3.09. The van der Waals surface area contributed by atoms with Crippen molar-refractivity contribution < 1.29 is 4.74 Å². The number of nitrogens with zero attached hydrogens (tertiary/aromatic N) is 1. The van der Waals surface area contributed by atoms with Gasteiger partial charge in [-0.15, -0.1) is 0 Å². The Balaban J connectivity index is 1.55. The van der Waals surface area contributed by atoms with Crippen molar-refractivity contribution in [2.75, 3.05) is 26.2 Å². The van der Waals surface area contributed by atoms with Crippen molar-refractivity contribution in [2.45, 2.75) is 38.1 Å². The SMILES string of the molecule is NCC(c1ccc2c(c1)CCO2)N(CC1CC1)CC1CC1. The summed E-state index contributed by atoms with van der Waals surface area (Å²) < 4.78 is 5.63. The maximum atomic E-state index is 6.17. The van der Waals surface area contributed by atoms with Gasteiger partial charge in [-0.3, -0.25) is 4.90 Å². The summed E-state index contributed by atoms with van der Waals surface area (Å²) in [6.07, 6.45) is 6.70. The second-order valence-electron chi connectivity index (χ2n) is 7.06. The summed E-state index contributed by atoms with van der Waals surface area (Å²) in [7, 11) is 0. The largest absolute Gasteiger partial charge is 0.493 e. The van der Waals surface area contributed by atoms with Crippen LogP contribution in [0.5, 0.6) is 5.75 Å². The molecule has 0 saturated heterocycles. The fourth-order valence-corrected chi connectivity index (χ4v) is 3.50. The van der Waals surface area contributed by atoms with Crippen LogP contribution < -0.4 is 10.5 Å². The van der Waals surface area contributed by atoms with Crippen molar-refractivity contribution in [3.05, 3.63) is 29.3 Å². The second kappa shape index (κ2) is 5.62. The Morgan fingerprint density at radius 2 is 1.86 bits per heavy atom. The molecule has 21 heavy (non-hydrogen) atoms. The van der Waals surface area contributed by atoms with E-state index in [-0.39, 0.29) is 0 Å². The standard InChI is InChI=1S/C18H26N2O/c19-10-17(15-5-6-18-16(9-15)7-8-21-18)20(11-13-1-2-13)12-14-3-4-14/h5-6,9,13-14,17H,1-4,7-8,10-12,19H2. The van der Waals surface area contributed by atoms with Crippen molar-refractivity contribution in [1.82, 2.24) is 4.90 Å². The van der Waals surface area contributed by atoms with Crippen LogP contribution in [-0.2, 0) is 6.42 Å². The van der Waals surface area contributed by atoms with Crippen molar-refractivity contribution in [1.29, 1.82) is 0 Å². The first kappa shape index (κ1) is 13.6. The Kier molecular flexibility index (Phi) is 3.64. The zero-order chi connectivity index (χ0) is 14.2. The zero-order valence-corrected chi connectivity index (χ0v) is 12.8. The number of hydrogen-bond donors (Lipinski definition) is 1. The smallest absolute Gasteiger partial charge is 0.122 e. The summed E-state index contributed by atoms with van der Waals surface area (Å²) in [5.41, 5.74) is 8.93. The van der Waals surface area contributed by atoms with E-state index in [9.17, 15) is 0 Å². The van der Waals surface area contributed by atoms with Crippen LogP contribution in [0.25, 0.3) is 0 Å². The normalized spacial score (nSPS) is 22.2. The van der Waals surface area contributed by atoms with Crippen LogP contribution >= 0.6 is 0 Å². The molecule has 3 heteroatoms. The molecule has 4 rings (SSSR count). The minimum Gasteiger partial charge on any atom is -0.493 e.